The van der Waals surface area contributed by atoms with Crippen molar-refractivity contribution in [3.63, 3.8) is 0 Å². The fraction of sp³-hybridized carbons (Fsp3) is 0.440. The number of nitrogens with one attached hydrogen (secondary N) is 1. The van der Waals surface area contributed by atoms with E-state index in [4.69, 9.17) is 9.47 Å². The Balaban J connectivity index is 1.64. The van der Waals surface area contributed by atoms with E-state index < -0.39 is 0 Å². The Hall–Kier alpha value is -2.86. The van der Waals surface area contributed by atoms with Crippen LogP contribution >= 0.6 is 0 Å². The van der Waals surface area contributed by atoms with Crippen molar-refractivity contribution in [3.8, 4) is 11.5 Å². The molecule has 0 heterocycles. The van der Waals surface area contributed by atoms with Gasteiger partial charge in [-0.15, -0.1) is 0 Å². The summed E-state index contributed by atoms with van der Waals surface area (Å²) in [7, 11) is 1.65. The normalized spacial score (nSPS) is 13.8. The highest BCUT2D eigenvalue weighted by molar-refractivity contribution is 5.95. The molecule has 0 atom stereocenters. The minimum absolute atomic E-state index is 0.0762. The van der Waals surface area contributed by atoms with Crippen LogP contribution in [-0.4, -0.2) is 38.1 Å². The van der Waals surface area contributed by atoms with E-state index in [9.17, 15) is 9.59 Å². The third-order valence-electron chi connectivity index (χ3n) is 5.63. The average molecular weight is 425 g/mol. The Bertz CT molecular complexity index is 889. The van der Waals surface area contributed by atoms with Crippen LogP contribution in [0, 0.1) is 6.92 Å². The number of nitrogens with zero attached hydrogens (tertiary/aromatic N) is 1. The first kappa shape index (κ1) is 22.8. The minimum Gasteiger partial charge on any atom is -0.457 e. The molecule has 2 amide bonds. The number of rotatable bonds is 9. The summed E-state index contributed by atoms with van der Waals surface area (Å²) in [4.78, 5) is 26.4. The van der Waals surface area contributed by atoms with Gasteiger partial charge in [-0.3, -0.25) is 9.59 Å². The number of benzene rings is 2. The van der Waals surface area contributed by atoms with Crippen molar-refractivity contribution in [3.05, 3.63) is 53.6 Å². The lowest BCUT2D eigenvalue weighted by molar-refractivity contribution is -0.117. The maximum atomic E-state index is 12.3. The molecule has 2 aromatic carbocycles. The summed E-state index contributed by atoms with van der Waals surface area (Å²) < 4.78 is 11.0. The van der Waals surface area contributed by atoms with Gasteiger partial charge in [-0.25, -0.2) is 0 Å². The van der Waals surface area contributed by atoms with Gasteiger partial charge in [-0.1, -0.05) is 12.8 Å². The van der Waals surface area contributed by atoms with Crippen LogP contribution in [0.5, 0.6) is 11.5 Å². The first-order valence-corrected chi connectivity index (χ1v) is 10.9. The molecule has 0 bridgehead atoms. The Morgan fingerprint density at radius 3 is 2.35 bits per heavy atom. The van der Waals surface area contributed by atoms with Crippen molar-refractivity contribution in [1.82, 2.24) is 5.32 Å². The minimum atomic E-state index is -0.0965. The summed E-state index contributed by atoms with van der Waals surface area (Å²) in [6.45, 7) is 4.72. The van der Waals surface area contributed by atoms with E-state index in [1.165, 1.54) is 12.8 Å². The number of carbonyl (C=O) groups is 2. The molecule has 31 heavy (non-hydrogen) atoms. The van der Waals surface area contributed by atoms with Crippen molar-refractivity contribution in [2.45, 2.75) is 52.0 Å². The fourth-order valence-corrected chi connectivity index (χ4v) is 4.09. The van der Waals surface area contributed by atoms with Gasteiger partial charge in [-0.05, 0) is 74.2 Å². The summed E-state index contributed by atoms with van der Waals surface area (Å²) in [5.41, 5.74) is 2.39. The Morgan fingerprint density at radius 1 is 1.06 bits per heavy atom. The molecule has 6 nitrogen and oxygen atoms in total. The van der Waals surface area contributed by atoms with Gasteiger partial charge in [-0.2, -0.15) is 0 Å². The third-order valence-corrected chi connectivity index (χ3v) is 5.63. The molecule has 2 aromatic rings. The van der Waals surface area contributed by atoms with Crippen LogP contribution < -0.4 is 15.0 Å². The quantitative estimate of drug-likeness (QED) is 0.585. The second-order valence-electron chi connectivity index (χ2n) is 8.00. The van der Waals surface area contributed by atoms with Gasteiger partial charge in [0.2, 0.25) is 5.91 Å². The van der Waals surface area contributed by atoms with Crippen molar-refractivity contribution in [1.29, 1.82) is 0 Å². The van der Waals surface area contributed by atoms with Crippen molar-refractivity contribution in [2.24, 2.45) is 0 Å². The lowest BCUT2D eigenvalue weighted by Gasteiger charge is -2.28. The molecular formula is C25H32N2O4. The van der Waals surface area contributed by atoms with E-state index in [0.29, 0.717) is 36.3 Å². The molecule has 1 saturated carbocycles. The number of amides is 2. The predicted molar refractivity (Wildman–Crippen MR) is 122 cm³/mol. The maximum absolute atomic E-state index is 12.3. The number of anilines is 1. The molecule has 1 aliphatic carbocycles. The zero-order valence-corrected chi connectivity index (χ0v) is 18.6. The van der Waals surface area contributed by atoms with Crippen LogP contribution in [0.4, 0.5) is 5.69 Å². The Kier molecular flexibility index (Phi) is 8.06. The van der Waals surface area contributed by atoms with Gasteiger partial charge in [0.25, 0.3) is 5.91 Å². The predicted octanol–water partition coefficient (Wildman–Crippen LogP) is 4.85. The molecule has 0 saturated heterocycles. The lowest BCUT2D eigenvalue weighted by Crippen LogP contribution is -2.37. The molecule has 0 unspecified atom stereocenters. The molecule has 0 radical (unpaired) electrons. The second-order valence-corrected chi connectivity index (χ2v) is 8.00. The van der Waals surface area contributed by atoms with Gasteiger partial charge in [0.05, 0.1) is 0 Å². The molecule has 1 fully saturated rings. The summed E-state index contributed by atoms with van der Waals surface area (Å²) in [6, 6.07) is 13.4. The number of hydrogen-bond donors (Lipinski definition) is 1. The first-order chi connectivity index (χ1) is 15.0. The van der Waals surface area contributed by atoms with E-state index in [1.54, 1.807) is 26.2 Å². The Morgan fingerprint density at radius 2 is 1.74 bits per heavy atom. The summed E-state index contributed by atoms with van der Waals surface area (Å²) in [5.74, 6) is 1.34. The van der Waals surface area contributed by atoms with Gasteiger partial charge in [0.15, 0.2) is 0 Å². The number of hydrogen-bond acceptors (Lipinski definition) is 4. The first-order valence-electron chi connectivity index (χ1n) is 10.9. The zero-order valence-electron chi connectivity index (χ0n) is 18.6. The third kappa shape index (κ3) is 6.07. The van der Waals surface area contributed by atoms with Crippen LogP contribution in [0.3, 0.4) is 0 Å². The number of aryl methyl sites for hydroxylation is 1. The summed E-state index contributed by atoms with van der Waals surface area (Å²) in [5, 5.41) is 2.90. The standard InChI is InChI=1S/C25H32N2O4/c1-18-17-23(13-14-24(18)25(29)26-15-6-16-30-3)31-22-11-9-21(10-12-22)27(19(2)28)20-7-4-5-8-20/h9-14,17,20H,4-8,15-16H2,1-3H3,(H,26,29). The second kappa shape index (κ2) is 11.0. The van der Waals surface area contributed by atoms with E-state index in [-0.39, 0.29) is 11.8 Å². The van der Waals surface area contributed by atoms with Crippen molar-refractivity contribution in [2.75, 3.05) is 25.2 Å². The maximum Gasteiger partial charge on any atom is 0.251 e. The monoisotopic (exact) mass is 424 g/mol. The smallest absolute Gasteiger partial charge is 0.251 e. The van der Waals surface area contributed by atoms with Crippen LogP contribution in [0.15, 0.2) is 42.5 Å². The molecule has 0 aliphatic heterocycles. The zero-order chi connectivity index (χ0) is 22.2. The van der Waals surface area contributed by atoms with Crippen LogP contribution in [0.2, 0.25) is 0 Å². The van der Waals surface area contributed by atoms with E-state index >= 15 is 0 Å². The highest BCUT2D eigenvalue weighted by Gasteiger charge is 2.25. The van der Waals surface area contributed by atoms with Gasteiger partial charge >= 0.3 is 0 Å². The van der Waals surface area contributed by atoms with Crippen molar-refractivity contribution < 1.29 is 19.1 Å². The molecule has 0 spiro atoms. The van der Waals surface area contributed by atoms with Gasteiger partial charge in [0.1, 0.15) is 11.5 Å². The molecule has 3 rings (SSSR count). The SMILES string of the molecule is COCCCNC(=O)c1ccc(Oc2ccc(N(C(C)=O)C3CCCC3)cc2)cc1C. The van der Waals surface area contributed by atoms with E-state index in [2.05, 4.69) is 5.32 Å². The summed E-state index contributed by atoms with van der Waals surface area (Å²) in [6.07, 6.45) is 5.25. The van der Waals surface area contributed by atoms with Crippen molar-refractivity contribution >= 4 is 17.5 Å². The molecule has 1 aliphatic rings. The number of ether oxygens (including phenoxy) is 2. The average Bonchev–Trinajstić information content (AvgIpc) is 3.26. The number of methoxy groups -OCH3 is 1. The largest absolute Gasteiger partial charge is 0.457 e. The van der Waals surface area contributed by atoms with Crippen LogP contribution in [0.1, 0.15) is 54.9 Å². The highest BCUT2D eigenvalue weighted by atomic mass is 16.5. The highest BCUT2D eigenvalue weighted by Crippen LogP contribution is 2.31. The number of carbonyl (C=O) groups excluding carboxylic acids is 2. The molecular weight excluding hydrogens is 392 g/mol. The summed E-state index contributed by atoms with van der Waals surface area (Å²) >= 11 is 0. The lowest BCUT2D eigenvalue weighted by atomic mass is 10.1. The van der Waals surface area contributed by atoms with Gasteiger partial charge in [0, 0.05) is 44.5 Å². The Labute approximate surface area is 184 Å². The molecule has 0 aromatic heterocycles. The molecule has 6 heteroatoms. The molecule has 166 valence electrons. The van der Waals surface area contributed by atoms with Crippen LogP contribution in [0.25, 0.3) is 0 Å². The van der Waals surface area contributed by atoms with E-state index in [0.717, 1.165) is 30.5 Å². The van der Waals surface area contributed by atoms with E-state index in [1.807, 2.05) is 42.2 Å². The molecule has 1 N–H and O–H groups in total. The fourth-order valence-electron chi connectivity index (χ4n) is 4.09. The van der Waals surface area contributed by atoms with Crippen LogP contribution in [-0.2, 0) is 9.53 Å². The topological polar surface area (TPSA) is 67.9 Å². The van der Waals surface area contributed by atoms with Gasteiger partial charge < -0.3 is 19.7 Å².